The van der Waals surface area contributed by atoms with E-state index in [0.29, 0.717) is 0 Å². The molecule has 2 rings (SSSR count). The van der Waals surface area contributed by atoms with Gasteiger partial charge in [-0.15, -0.1) is 6.58 Å². The predicted molar refractivity (Wildman–Crippen MR) is 59.2 cm³/mol. The number of fused-ring (bicyclic) bond motifs is 1. The summed E-state index contributed by atoms with van der Waals surface area (Å²) in [6.07, 6.45) is 2.62. The standard InChI is InChI=1S/C12H11NO2/c1-2-3-8-4-5-10-9(6-8)7-11(13-10)12(14)15/h2,4-7,13H,1,3H2,(H,14,15). The van der Waals surface area contributed by atoms with Gasteiger partial charge in [-0.25, -0.2) is 4.79 Å². The number of carboxylic acids is 1. The van der Waals surface area contributed by atoms with Gasteiger partial charge in [-0.2, -0.15) is 0 Å². The lowest BCUT2D eigenvalue weighted by molar-refractivity contribution is 0.0691. The van der Waals surface area contributed by atoms with E-state index in [0.717, 1.165) is 22.9 Å². The molecule has 0 fully saturated rings. The molecule has 0 bridgehead atoms. The Labute approximate surface area is 87.0 Å². The summed E-state index contributed by atoms with van der Waals surface area (Å²) in [5.74, 6) is -0.934. The van der Waals surface area contributed by atoms with E-state index in [4.69, 9.17) is 5.11 Å². The van der Waals surface area contributed by atoms with Crippen molar-refractivity contribution in [3.8, 4) is 0 Å². The Bertz CT molecular complexity index is 525. The Morgan fingerprint density at radius 2 is 2.27 bits per heavy atom. The molecule has 15 heavy (non-hydrogen) atoms. The molecule has 3 heteroatoms. The summed E-state index contributed by atoms with van der Waals surface area (Å²) in [5, 5.41) is 9.73. The fourth-order valence-corrected chi connectivity index (χ4v) is 1.59. The average Bonchev–Trinajstić information content (AvgIpc) is 2.61. The van der Waals surface area contributed by atoms with Crippen molar-refractivity contribution in [1.29, 1.82) is 0 Å². The number of hydrogen-bond donors (Lipinski definition) is 2. The Morgan fingerprint density at radius 3 is 2.93 bits per heavy atom. The van der Waals surface area contributed by atoms with Crippen molar-refractivity contribution in [2.75, 3.05) is 0 Å². The number of benzene rings is 1. The molecule has 0 saturated carbocycles. The molecule has 76 valence electrons. The van der Waals surface area contributed by atoms with Gasteiger partial charge in [0.15, 0.2) is 0 Å². The summed E-state index contributed by atoms with van der Waals surface area (Å²) in [5.41, 5.74) is 2.20. The molecule has 1 aromatic carbocycles. The second kappa shape index (κ2) is 3.61. The topological polar surface area (TPSA) is 53.1 Å². The van der Waals surface area contributed by atoms with Gasteiger partial charge >= 0.3 is 5.97 Å². The zero-order valence-electron chi connectivity index (χ0n) is 8.16. The number of hydrogen-bond acceptors (Lipinski definition) is 1. The van der Waals surface area contributed by atoms with Gasteiger partial charge in [-0.1, -0.05) is 12.1 Å². The number of H-pyrrole nitrogens is 1. The van der Waals surface area contributed by atoms with Crippen LogP contribution in [0.25, 0.3) is 10.9 Å². The van der Waals surface area contributed by atoms with Crippen LogP contribution in [0.15, 0.2) is 36.9 Å². The Kier molecular flexibility index (Phi) is 2.29. The Morgan fingerprint density at radius 1 is 1.47 bits per heavy atom. The summed E-state index contributed by atoms with van der Waals surface area (Å²) in [6, 6.07) is 7.47. The van der Waals surface area contributed by atoms with Gasteiger partial charge in [0.25, 0.3) is 0 Å². The van der Waals surface area contributed by atoms with Crippen molar-refractivity contribution in [3.05, 3.63) is 48.2 Å². The molecule has 1 heterocycles. The first-order valence-electron chi connectivity index (χ1n) is 4.66. The number of aromatic amines is 1. The van der Waals surface area contributed by atoms with E-state index in [9.17, 15) is 4.79 Å². The van der Waals surface area contributed by atoms with Crippen molar-refractivity contribution in [1.82, 2.24) is 4.98 Å². The first kappa shape index (κ1) is 9.52. The maximum atomic E-state index is 10.7. The number of carbonyl (C=O) groups is 1. The summed E-state index contributed by atoms with van der Waals surface area (Å²) in [4.78, 5) is 13.6. The number of carboxylic acid groups (broad SMARTS) is 1. The molecule has 2 aromatic rings. The largest absolute Gasteiger partial charge is 0.477 e. The average molecular weight is 201 g/mol. The zero-order chi connectivity index (χ0) is 10.8. The summed E-state index contributed by atoms with van der Waals surface area (Å²) in [7, 11) is 0. The fourth-order valence-electron chi connectivity index (χ4n) is 1.59. The molecule has 0 spiro atoms. The van der Waals surface area contributed by atoms with Crippen LogP contribution in [0, 0.1) is 0 Å². The molecule has 3 nitrogen and oxygen atoms in total. The Hall–Kier alpha value is -2.03. The lowest BCUT2D eigenvalue weighted by Crippen LogP contribution is -1.94. The highest BCUT2D eigenvalue weighted by Gasteiger charge is 2.06. The predicted octanol–water partition coefficient (Wildman–Crippen LogP) is 2.59. The van der Waals surface area contributed by atoms with Gasteiger partial charge < -0.3 is 10.1 Å². The lowest BCUT2D eigenvalue weighted by Gasteiger charge is -1.95. The van der Waals surface area contributed by atoms with Gasteiger partial charge in [-0.3, -0.25) is 0 Å². The second-order valence-corrected chi connectivity index (χ2v) is 3.40. The number of allylic oxidation sites excluding steroid dienone is 1. The van der Waals surface area contributed by atoms with Crippen LogP contribution in [0.4, 0.5) is 0 Å². The molecule has 0 aliphatic carbocycles. The van der Waals surface area contributed by atoms with Crippen LogP contribution in [0.3, 0.4) is 0 Å². The highest BCUT2D eigenvalue weighted by Crippen LogP contribution is 2.17. The molecule has 0 aliphatic rings. The fraction of sp³-hybridized carbons (Fsp3) is 0.0833. The molecule has 2 N–H and O–H groups in total. The van der Waals surface area contributed by atoms with E-state index in [2.05, 4.69) is 11.6 Å². The first-order valence-corrected chi connectivity index (χ1v) is 4.66. The SMILES string of the molecule is C=CCc1ccc2[nH]c(C(=O)O)cc2c1. The van der Waals surface area contributed by atoms with E-state index in [1.807, 2.05) is 24.3 Å². The highest BCUT2D eigenvalue weighted by atomic mass is 16.4. The summed E-state index contributed by atoms with van der Waals surface area (Å²) >= 11 is 0. The molecule has 0 aliphatic heterocycles. The maximum absolute atomic E-state index is 10.7. The molecule has 0 atom stereocenters. The van der Waals surface area contributed by atoms with Gasteiger partial charge in [0.05, 0.1) is 0 Å². The van der Waals surface area contributed by atoms with Crippen LogP contribution in [0.5, 0.6) is 0 Å². The molecule has 0 radical (unpaired) electrons. The zero-order valence-corrected chi connectivity index (χ0v) is 8.16. The van der Waals surface area contributed by atoms with Gasteiger partial charge in [0, 0.05) is 10.9 Å². The van der Waals surface area contributed by atoms with Crippen LogP contribution in [-0.4, -0.2) is 16.1 Å². The molecular formula is C12H11NO2. The minimum atomic E-state index is -0.934. The molecule has 0 saturated heterocycles. The minimum absolute atomic E-state index is 0.223. The van der Waals surface area contributed by atoms with Crippen LogP contribution in [0.1, 0.15) is 16.1 Å². The van der Waals surface area contributed by atoms with E-state index in [-0.39, 0.29) is 5.69 Å². The van der Waals surface area contributed by atoms with Crippen molar-refractivity contribution >= 4 is 16.9 Å². The quantitative estimate of drug-likeness (QED) is 0.750. The third kappa shape index (κ3) is 1.76. The van der Waals surface area contributed by atoms with Crippen molar-refractivity contribution < 1.29 is 9.90 Å². The van der Waals surface area contributed by atoms with Crippen molar-refractivity contribution in [3.63, 3.8) is 0 Å². The number of rotatable bonds is 3. The smallest absolute Gasteiger partial charge is 0.352 e. The number of aromatic nitrogens is 1. The highest BCUT2D eigenvalue weighted by molar-refractivity contribution is 5.93. The maximum Gasteiger partial charge on any atom is 0.352 e. The molecule has 0 unspecified atom stereocenters. The van der Waals surface area contributed by atoms with Crippen LogP contribution < -0.4 is 0 Å². The monoisotopic (exact) mass is 201 g/mol. The third-order valence-electron chi connectivity index (χ3n) is 2.30. The normalized spacial score (nSPS) is 10.4. The summed E-state index contributed by atoms with van der Waals surface area (Å²) < 4.78 is 0. The lowest BCUT2D eigenvalue weighted by atomic mass is 10.1. The number of aromatic carboxylic acids is 1. The number of nitrogens with one attached hydrogen (secondary N) is 1. The van der Waals surface area contributed by atoms with E-state index in [1.54, 1.807) is 6.07 Å². The van der Waals surface area contributed by atoms with Crippen molar-refractivity contribution in [2.45, 2.75) is 6.42 Å². The minimum Gasteiger partial charge on any atom is -0.477 e. The molecule has 1 aromatic heterocycles. The van der Waals surface area contributed by atoms with Crippen LogP contribution in [-0.2, 0) is 6.42 Å². The molecular weight excluding hydrogens is 190 g/mol. The van der Waals surface area contributed by atoms with Crippen molar-refractivity contribution in [2.24, 2.45) is 0 Å². The first-order chi connectivity index (χ1) is 7.20. The van der Waals surface area contributed by atoms with E-state index < -0.39 is 5.97 Å². The van der Waals surface area contributed by atoms with Crippen LogP contribution >= 0.6 is 0 Å². The molecule has 0 amide bonds. The van der Waals surface area contributed by atoms with E-state index in [1.165, 1.54) is 0 Å². The Balaban J connectivity index is 2.51. The second-order valence-electron chi connectivity index (χ2n) is 3.40. The summed E-state index contributed by atoms with van der Waals surface area (Å²) in [6.45, 7) is 3.67. The van der Waals surface area contributed by atoms with E-state index >= 15 is 0 Å². The van der Waals surface area contributed by atoms with Crippen LogP contribution in [0.2, 0.25) is 0 Å². The van der Waals surface area contributed by atoms with Gasteiger partial charge in [0.2, 0.25) is 0 Å². The third-order valence-corrected chi connectivity index (χ3v) is 2.30. The van der Waals surface area contributed by atoms with Gasteiger partial charge in [0.1, 0.15) is 5.69 Å². The van der Waals surface area contributed by atoms with Gasteiger partial charge in [-0.05, 0) is 30.2 Å².